The molecule has 11 nitrogen and oxygen atoms in total. The molecule has 166 valence electrons. The van der Waals surface area contributed by atoms with Gasteiger partial charge in [-0.3, -0.25) is 9.59 Å². The highest BCUT2D eigenvalue weighted by molar-refractivity contribution is 6.35. The van der Waals surface area contributed by atoms with E-state index in [1.807, 2.05) is 6.07 Å². The summed E-state index contributed by atoms with van der Waals surface area (Å²) in [5, 5.41) is 22.4. The molecule has 0 aliphatic heterocycles. The molecule has 5 aromatic rings. The van der Waals surface area contributed by atoms with Crippen LogP contribution in [0.25, 0.3) is 16.4 Å². The molecule has 0 aliphatic carbocycles. The summed E-state index contributed by atoms with van der Waals surface area (Å²) >= 11 is 6.33. The summed E-state index contributed by atoms with van der Waals surface area (Å²) in [7, 11) is 0. The van der Waals surface area contributed by atoms with Gasteiger partial charge in [-0.25, -0.2) is 14.6 Å². The van der Waals surface area contributed by atoms with E-state index in [0.717, 1.165) is 0 Å². The minimum atomic E-state index is -0.539. The second-order valence-electron chi connectivity index (χ2n) is 7.56. The van der Waals surface area contributed by atoms with Gasteiger partial charge in [0.1, 0.15) is 5.56 Å². The van der Waals surface area contributed by atoms with Crippen LogP contribution in [0.3, 0.4) is 0 Å². The smallest absolute Gasteiger partial charge is 0.260 e. The number of aromatic nitrogens is 8. The van der Waals surface area contributed by atoms with Crippen LogP contribution in [0.2, 0.25) is 5.02 Å². The van der Waals surface area contributed by atoms with Crippen LogP contribution in [0.5, 0.6) is 0 Å². The van der Waals surface area contributed by atoms with E-state index in [0.29, 0.717) is 44.2 Å². The number of pyridine rings is 1. The number of tetrazole rings is 1. The number of rotatable bonds is 5. The largest absolute Gasteiger partial charge is 0.344 e. The van der Waals surface area contributed by atoms with Crippen LogP contribution < -0.4 is 10.9 Å². The summed E-state index contributed by atoms with van der Waals surface area (Å²) < 4.78 is 3.06. The fourth-order valence-electron chi connectivity index (χ4n) is 3.90. The number of H-pyrrole nitrogens is 1. The number of carbonyl (C=O) groups is 1. The first kappa shape index (κ1) is 20.8. The van der Waals surface area contributed by atoms with Crippen LogP contribution in [0.4, 0.5) is 0 Å². The quantitative estimate of drug-likeness (QED) is 0.407. The predicted octanol–water partition coefficient (Wildman–Crippen LogP) is 2.06. The summed E-state index contributed by atoms with van der Waals surface area (Å²) in [6.07, 6.45) is 3.33. The van der Waals surface area contributed by atoms with Gasteiger partial charge in [0.15, 0.2) is 11.5 Å². The van der Waals surface area contributed by atoms with Gasteiger partial charge in [0.25, 0.3) is 11.5 Å². The van der Waals surface area contributed by atoms with E-state index in [1.54, 1.807) is 55.0 Å². The maximum atomic E-state index is 13.4. The molecule has 33 heavy (non-hydrogen) atoms. The molecule has 0 unspecified atom stereocenters. The van der Waals surface area contributed by atoms with Gasteiger partial charge < -0.3 is 9.88 Å². The maximum absolute atomic E-state index is 13.4. The zero-order valence-corrected chi connectivity index (χ0v) is 18.4. The van der Waals surface area contributed by atoms with Crippen LogP contribution in [-0.4, -0.2) is 45.7 Å². The number of hydrogen-bond donors (Lipinski definition) is 2. The number of nitrogens with zero attached hydrogens (tertiary/aromatic N) is 7. The molecule has 0 saturated carbocycles. The molecule has 5 rings (SSSR count). The van der Waals surface area contributed by atoms with Crippen LogP contribution in [-0.2, 0) is 6.54 Å². The predicted molar refractivity (Wildman–Crippen MR) is 120 cm³/mol. The lowest BCUT2D eigenvalue weighted by atomic mass is 10.1. The van der Waals surface area contributed by atoms with Gasteiger partial charge in [0.2, 0.25) is 0 Å². The average Bonchev–Trinajstić information content (AvgIpc) is 3.41. The minimum absolute atomic E-state index is 0.0832. The third-order valence-electron chi connectivity index (χ3n) is 5.41. The monoisotopic (exact) mass is 463 g/mol. The number of benzene rings is 1. The Hall–Kier alpha value is -4.12. The lowest BCUT2D eigenvalue weighted by Crippen LogP contribution is -2.33. The molecule has 1 atom stereocenters. The standard InChI is InChI=1S/C21H18ClN9O2/c1-11(24-20(32)17-12(2)27-31-8-4-7-23-19(17)31)15-9-13-5-3-6-14(22)18(13)21(33)30(15)10-16-25-28-29-26-16/h3-9,11H,10H2,1-2H3,(H,24,32)(H,25,26,28,29)/t11-/m0/s1. The Kier molecular flexibility index (Phi) is 5.09. The van der Waals surface area contributed by atoms with Gasteiger partial charge >= 0.3 is 0 Å². The molecule has 0 aliphatic rings. The molecule has 0 fully saturated rings. The van der Waals surface area contributed by atoms with Crippen molar-refractivity contribution >= 4 is 33.9 Å². The molecule has 4 aromatic heterocycles. The molecular formula is C21H18ClN9O2. The van der Waals surface area contributed by atoms with Gasteiger partial charge in [-0.1, -0.05) is 23.7 Å². The van der Waals surface area contributed by atoms with E-state index in [-0.39, 0.29) is 18.0 Å². The summed E-state index contributed by atoms with van der Waals surface area (Å²) in [5.74, 6) is 0.0474. The fraction of sp³-hybridized carbons (Fsp3) is 0.190. The van der Waals surface area contributed by atoms with E-state index in [4.69, 9.17) is 11.6 Å². The third kappa shape index (κ3) is 3.61. The highest BCUT2D eigenvalue weighted by Crippen LogP contribution is 2.24. The zero-order valence-electron chi connectivity index (χ0n) is 17.7. The lowest BCUT2D eigenvalue weighted by molar-refractivity contribution is 0.0939. The molecular weight excluding hydrogens is 446 g/mol. The number of amides is 1. The Morgan fingerprint density at radius 2 is 2.15 bits per heavy atom. The second-order valence-corrected chi connectivity index (χ2v) is 7.96. The van der Waals surface area contributed by atoms with Crippen molar-refractivity contribution in [2.24, 2.45) is 0 Å². The molecule has 0 radical (unpaired) electrons. The van der Waals surface area contributed by atoms with Crippen LogP contribution >= 0.6 is 11.6 Å². The number of fused-ring (bicyclic) bond motifs is 2. The Balaban J connectivity index is 1.58. The molecule has 12 heteroatoms. The number of hydrogen-bond acceptors (Lipinski definition) is 7. The topological polar surface area (TPSA) is 136 Å². The van der Waals surface area contributed by atoms with E-state index < -0.39 is 6.04 Å². The number of carbonyl (C=O) groups excluding carboxylic acids is 1. The van der Waals surface area contributed by atoms with Crippen molar-refractivity contribution < 1.29 is 4.79 Å². The summed E-state index contributed by atoms with van der Waals surface area (Å²) in [6.45, 7) is 3.63. The first-order chi connectivity index (χ1) is 15.9. The first-order valence-corrected chi connectivity index (χ1v) is 10.5. The van der Waals surface area contributed by atoms with Crippen molar-refractivity contribution in [1.29, 1.82) is 0 Å². The van der Waals surface area contributed by atoms with Crippen LogP contribution in [0.15, 0.2) is 47.5 Å². The van der Waals surface area contributed by atoms with Crippen LogP contribution in [0, 0.1) is 6.92 Å². The number of halogens is 1. The molecule has 1 amide bonds. The van der Waals surface area contributed by atoms with E-state index >= 15 is 0 Å². The van der Waals surface area contributed by atoms with Crippen molar-refractivity contribution in [2.45, 2.75) is 26.4 Å². The Morgan fingerprint density at radius 1 is 1.30 bits per heavy atom. The molecule has 0 spiro atoms. The van der Waals surface area contributed by atoms with Gasteiger partial charge in [-0.15, -0.1) is 5.10 Å². The van der Waals surface area contributed by atoms with Gasteiger partial charge in [-0.2, -0.15) is 5.10 Å². The van der Waals surface area contributed by atoms with Gasteiger partial charge in [-0.05, 0) is 47.9 Å². The molecule has 1 aromatic carbocycles. The SMILES string of the molecule is Cc1nn2cccnc2c1C(=O)N[C@@H](C)c1cc2cccc(Cl)c2c(=O)n1Cc1nnn[nH]1. The Labute approximate surface area is 191 Å². The summed E-state index contributed by atoms with van der Waals surface area (Å²) in [4.78, 5) is 30.9. The van der Waals surface area contributed by atoms with Crippen molar-refractivity contribution in [3.8, 4) is 0 Å². The number of aromatic amines is 1. The maximum Gasteiger partial charge on any atom is 0.260 e. The normalized spacial score (nSPS) is 12.3. The van der Waals surface area contributed by atoms with Gasteiger partial charge in [0, 0.05) is 18.1 Å². The van der Waals surface area contributed by atoms with E-state index in [9.17, 15) is 9.59 Å². The van der Waals surface area contributed by atoms with E-state index in [2.05, 4.69) is 36.0 Å². The fourth-order valence-corrected chi connectivity index (χ4v) is 4.16. The highest BCUT2D eigenvalue weighted by Gasteiger charge is 2.23. The van der Waals surface area contributed by atoms with Crippen molar-refractivity contribution in [3.05, 3.63) is 80.9 Å². The third-order valence-corrected chi connectivity index (χ3v) is 5.72. The molecule has 2 N–H and O–H groups in total. The minimum Gasteiger partial charge on any atom is -0.344 e. The Bertz CT molecular complexity index is 1560. The van der Waals surface area contributed by atoms with Crippen molar-refractivity contribution in [3.63, 3.8) is 0 Å². The molecule has 0 saturated heterocycles. The number of nitrogens with one attached hydrogen (secondary N) is 2. The zero-order chi connectivity index (χ0) is 23.1. The van der Waals surface area contributed by atoms with Crippen molar-refractivity contribution in [1.82, 2.24) is 45.1 Å². The highest BCUT2D eigenvalue weighted by atomic mass is 35.5. The Morgan fingerprint density at radius 3 is 2.94 bits per heavy atom. The number of aryl methyl sites for hydroxylation is 1. The first-order valence-electron chi connectivity index (χ1n) is 10.1. The van der Waals surface area contributed by atoms with Gasteiger partial charge in [0.05, 0.1) is 28.7 Å². The lowest BCUT2D eigenvalue weighted by Gasteiger charge is -2.20. The second kappa shape index (κ2) is 8.10. The van der Waals surface area contributed by atoms with Crippen molar-refractivity contribution in [2.75, 3.05) is 0 Å². The van der Waals surface area contributed by atoms with E-state index in [1.165, 1.54) is 4.57 Å². The summed E-state index contributed by atoms with van der Waals surface area (Å²) in [5.41, 5.74) is 1.64. The summed E-state index contributed by atoms with van der Waals surface area (Å²) in [6, 6.07) is 8.27. The average molecular weight is 464 g/mol. The van der Waals surface area contributed by atoms with Crippen LogP contribution in [0.1, 0.15) is 40.5 Å². The molecule has 4 heterocycles. The molecule has 0 bridgehead atoms.